The number of nitrogens with one attached hydrogen (secondary N) is 1. The molecule has 0 amide bonds. The molecule has 1 aromatic heterocycles. The van der Waals surface area contributed by atoms with Crippen molar-refractivity contribution >= 4 is 45.0 Å². The maximum absolute atomic E-state index is 16.2. The number of fused-ring (bicyclic) bond motifs is 2. The fourth-order valence-corrected chi connectivity index (χ4v) is 4.62. The van der Waals surface area contributed by atoms with E-state index in [2.05, 4.69) is 20.2 Å². The van der Waals surface area contributed by atoms with Crippen molar-refractivity contribution < 1.29 is 14.6 Å². The summed E-state index contributed by atoms with van der Waals surface area (Å²) in [6.45, 7) is 1.62. The Balaban J connectivity index is 1.71. The number of aliphatic hydroxyl groups is 1. The molecule has 1 saturated heterocycles. The highest BCUT2D eigenvalue weighted by Crippen LogP contribution is 2.42. The van der Waals surface area contributed by atoms with Crippen molar-refractivity contribution in [2.45, 2.75) is 6.04 Å². The van der Waals surface area contributed by atoms with Crippen LogP contribution in [0.4, 0.5) is 16.2 Å². The van der Waals surface area contributed by atoms with Crippen molar-refractivity contribution in [3.63, 3.8) is 0 Å². The molecule has 3 aromatic carbocycles. The van der Waals surface area contributed by atoms with E-state index in [-0.39, 0.29) is 35.0 Å². The lowest BCUT2D eigenvalue weighted by atomic mass is 9.96. The van der Waals surface area contributed by atoms with E-state index in [1.54, 1.807) is 12.1 Å². The minimum absolute atomic E-state index is 0.0215. The number of aromatic nitrogens is 2. The van der Waals surface area contributed by atoms with Crippen LogP contribution in [0, 0.1) is 5.82 Å². The Kier molecular flexibility index (Phi) is 5.89. The third-order valence-corrected chi connectivity index (χ3v) is 6.56. The number of hydrogen-bond donors (Lipinski definition) is 3. The zero-order valence-corrected chi connectivity index (χ0v) is 19.6. The Morgan fingerprint density at radius 2 is 1.91 bits per heavy atom. The summed E-state index contributed by atoms with van der Waals surface area (Å²) in [5, 5.41) is 24.8. The van der Waals surface area contributed by atoms with Crippen molar-refractivity contribution in [3.8, 4) is 16.9 Å². The molecule has 9 heteroatoms. The van der Waals surface area contributed by atoms with Gasteiger partial charge in [-0.2, -0.15) is 4.98 Å². The largest absolute Gasteiger partial charge is 0.508 e. The van der Waals surface area contributed by atoms with Crippen molar-refractivity contribution in [2.24, 2.45) is 0 Å². The molecular weight excluding hydrogens is 457 g/mol. The molecule has 0 spiro atoms. The number of rotatable bonds is 6. The van der Waals surface area contributed by atoms with Crippen molar-refractivity contribution in [1.82, 2.24) is 14.9 Å². The first-order valence-electron chi connectivity index (χ1n) is 11.1. The van der Waals surface area contributed by atoms with Gasteiger partial charge in [0.1, 0.15) is 17.1 Å². The molecule has 1 aliphatic heterocycles. The minimum Gasteiger partial charge on any atom is -0.508 e. The zero-order chi connectivity index (χ0) is 24.0. The van der Waals surface area contributed by atoms with Gasteiger partial charge in [-0.3, -0.25) is 0 Å². The summed E-state index contributed by atoms with van der Waals surface area (Å²) in [6, 6.07) is 12.6. The number of nitrogens with zero attached hydrogens (tertiary/aromatic N) is 4. The molecule has 0 atom stereocenters. The number of benzene rings is 3. The predicted octanol–water partition coefficient (Wildman–Crippen LogP) is 4.10. The van der Waals surface area contributed by atoms with Gasteiger partial charge in [0.2, 0.25) is 5.95 Å². The van der Waals surface area contributed by atoms with Crippen LogP contribution in [-0.2, 0) is 0 Å². The van der Waals surface area contributed by atoms with E-state index in [9.17, 15) is 10.2 Å². The Labute approximate surface area is 201 Å². The van der Waals surface area contributed by atoms with Gasteiger partial charge in [0.25, 0.3) is 0 Å². The lowest BCUT2D eigenvalue weighted by Gasteiger charge is -2.42. The molecule has 7 nitrogen and oxygen atoms in total. The number of phenolic OH excluding ortho intramolecular Hbond substituents is 1. The molecule has 0 radical (unpaired) electrons. The van der Waals surface area contributed by atoms with Gasteiger partial charge in [-0.15, -0.1) is 0 Å². The molecule has 2 heterocycles. The summed E-state index contributed by atoms with van der Waals surface area (Å²) in [4.78, 5) is 13.3. The van der Waals surface area contributed by atoms with Gasteiger partial charge >= 0.3 is 0 Å². The third-order valence-electron chi connectivity index (χ3n) is 6.27. The highest BCUT2D eigenvalue weighted by molar-refractivity contribution is 6.35. The second-order valence-electron chi connectivity index (χ2n) is 8.70. The molecule has 0 saturated carbocycles. The summed E-state index contributed by atoms with van der Waals surface area (Å²) < 4.78 is 16.2. The van der Waals surface area contributed by atoms with Crippen LogP contribution in [0.3, 0.4) is 0 Å². The van der Waals surface area contributed by atoms with Crippen LogP contribution in [-0.4, -0.2) is 71.5 Å². The Morgan fingerprint density at radius 3 is 2.65 bits per heavy atom. The quantitative estimate of drug-likeness (QED) is 0.382. The molecule has 0 unspecified atom stereocenters. The number of aliphatic hydroxyl groups excluding tert-OH is 1. The molecule has 1 aliphatic rings. The van der Waals surface area contributed by atoms with E-state index in [1.165, 1.54) is 6.07 Å². The van der Waals surface area contributed by atoms with Crippen LogP contribution in [0.25, 0.3) is 32.8 Å². The van der Waals surface area contributed by atoms with E-state index in [4.69, 9.17) is 11.6 Å². The van der Waals surface area contributed by atoms with Gasteiger partial charge in [-0.05, 0) is 48.6 Å². The number of likely N-dealkylation sites (N-methyl/N-ethyl adjacent to an activating group) is 1. The fourth-order valence-electron chi connectivity index (χ4n) is 4.33. The average Bonchev–Trinajstić information content (AvgIpc) is 2.76. The maximum atomic E-state index is 16.2. The van der Waals surface area contributed by atoms with Crippen LogP contribution in [0.1, 0.15) is 0 Å². The lowest BCUT2D eigenvalue weighted by molar-refractivity contribution is 0.245. The number of halogens is 2. The van der Waals surface area contributed by atoms with E-state index in [0.717, 1.165) is 23.9 Å². The second-order valence-corrected chi connectivity index (χ2v) is 9.11. The fraction of sp³-hybridized carbons (Fsp3) is 0.280. The highest BCUT2D eigenvalue weighted by atomic mass is 35.5. The van der Waals surface area contributed by atoms with Crippen LogP contribution in [0.2, 0.25) is 5.02 Å². The first kappa shape index (κ1) is 22.6. The molecule has 0 aliphatic carbocycles. The first-order valence-corrected chi connectivity index (χ1v) is 11.4. The van der Waals surface area contributed by atoms with Gasteiger partial charge in [-0.1, -0.05) is 35.9 Å². The van der Waals surface area contributed by atoms with Gasteiger partial charge < -0.3 is 25.3 Å². The van der Waals surface area contributed by atoms with E-state index in [1.807, 2.05) is 43.3 Å². The number of hydrogen-bond acceptors (Lipinski definition) is 7. The van der Waals surface area contributed by atoms with Crippen LogP contribution in [0.15, 0.2) is 42.5 Å². The molecular formula is C25H25ClFN5O2. The first-order chi connectivity index (χ1) is 16.4. The third kappa shape index (κ3) is 3.87. The normalized spacial score (nSPS) is 14.2. The van der Waals surface area contributed by atoms with E-state index in [0.29, 0.717) is 28.8 Å². The van der Waals surface area contributed by atoms with E-state index < -0.39 is 5.82 Å². The molecule has 0 bridgehead atoms. The van der Waals surface area contributed by atoms with Crippen molar-refractivity contribution in [3.05, 3.63) is 53.3 Å². The number of aromatic hydroxyl groups is 1. The van der Waals surface area contributed by atoms with Crippen molar-refractivity contribution in [1.29, 1.82) is 0 Å². The zero-order valence-electron chi connectivity index (χ0n) is 18.9. The summed E-state index contributed by atoms with van der Waals surface area (Å²) in [6.07, 6.45) is 0. The smallest absolute Gasteiger partial charge is 0.228 e. The van der Waals surface area contributed by atoms with Crippen LogP contribution < -0.4 is 10.2 Å². The SMILES string of the molecule is CN(C)C1CN(c2nc(NCCO)c3cc(Cl)c(-c4cc(O)cc5ccccc45)c(F)c3n2)C1. The van der Waals surface area contributed by atoms with E-state index >= 15 is 4.39 Å². The van der Waals surface area contributed by atoms with Crippen LogP contribution in [0.5, 0.6) is 5.75 Å². The molecule has 5 rings (SSSR count). The van der Waals surface area contributed by atoms with Crippen molar-refractivity contribution in [2.75, 3.05) is 50.6 Å². The van der Waals surface area contributed by atoms with Gasteiger partial charge in [0.15, 0.2) is 5.82 Å². The molecule has 4 aromatic rings. The Morgan fingerprint density at radius 1 is 1.15 bits per heavy atom. The highest BCUT2D eigenvalue weighted by Gasteiger charge is 2.31. The maximum Gasteiger partial charge on any atom is 0.228 e. The summed E-state index contributed by atoms with van der Waals surface area (Å²) in [7, 11) is 4.04. The van der Waals surface area contributed by atoms with Gasteiger partial charge in [0, 0.05) is 36.6 Å². The molecule has 176 valence electrons. The molecule has 34 heavy (non-hydrogen) atoms. The minimum atomic E-state index is -0.585. The second kappa shape index (κ2) is 8.87. The average molecular weight is 482 g/mol. The standard InChI is InChI=1S/C25H25ClFN5O2/c1-31(2)15-12-32(13-15)25-29-23-19(24(30-25)28-7-8-33)11-20(26)21(22(23)27)18-10-16(34)9-14-5-3-4-6-17(14)18/h3-6,9-11,15,33-34H,7-8,12-13H2,1-2H3,(H,28,29,30). The lowest BCUT2D eigenvalue weighted by Crippen LogP contribution is -2.58. The van der Waals surface area contributed by atoms with Gasteiger partial charge in [0.05, 0.1) is 11.6 Å². The Bertz CT molecular complexity index is 1390. The van der Waals surface area contributed by atoms with Crippen LogP contribution >= 0.6 is 11.6 Å². The number of phenols is 1. The molecule has 1 fully saturated rings. The molecule has 3 N–H and O–H groups in total. The Hall–Kier alpha value is -3.20. The predicted molar refractivity (Wildman–Crippen MR) is 134 cm³/mol. The number of anilines is 2. The summed E-state index contributed by atoms with van der Waals surface area (Å²) in [5.41, 5.74) is 0.793. The van der Waals surface area contributed by atoms with Gasteiger partial charge in [-0.25, -0.2) is 9.37 Å². The topological polar surface area (TPSA) is 84.8 Å². The summed E-state index contributed by atoms with van der Waals surface area (Å²) >= 11 is 6.63. The monoisotopic (exact) mass is 481 g/mol. The summed E-state index contributed by atoms with van der Waals surface area (Å²) in [5.74, 6) is 0.265.